The summed E-state index contributed by atoms with van der Waals surface area (Å²) in [7, 11) is 0. The molecule has 9 nitrogen and oxygen atoms in total. The maximum absolute atomic E-state index is 14.8. The summed E-state index contributed by atoms with van der Waals surface area (Å²) in [4.78, 5) is 34.8. The van der Waals surface area contributed by atoms with Gasteiger partial charge in [0.15, 0.2) is 11.6 Å². The fraction of sp³-hybridized carbons (Fsp3) is 0.150. The summed E-state index contributed by atoms with van der Waals surface area (Å²) >= 11 is 5.94. The molecule has 0 aliphatic heterocycles. The number of hydrogen-bond donors (Lipinski definition) is 2. The van der Waals surface area contributed by atoms with Crippen LogP contribution in [0, 0.1) is 11.3 Å². The molecule has 0 radical (unpaired) electrons. The molecule has 32 heavy (non-hydrogen) atoms. The number of nitrogens with zero attached hydrogens (tertiary/aromatic N) is 4. The van der Waals surface area contributed by atoms with E-state index in [1.54, 1.807) is 0 Å². The number of benzene rings is 1. The van der Waals surface area contributed by atoms with E-state index in [9.17, 15) is 18.4 Å². The van der Waals surface area contributed by atoms with Gasteiger partial charge in [0.25, 0.3) is 11.1 Å². The normalized spacial score (nSPS) is 11.1. The van der Waals surface area contributed by atoms with E-state index in [1.165, 1.54) is 18.2 Å². The fourth-order valence-electron chi connectivity index (χ4n) is 2.64. The topological polar surface area (TPSA) is 140 Å². The van der Waals surface area contributed by atoms with E-state index in [4.69, 9.17) is 27.3 Å². The number of H-pyrrole nitrogens is 1. The Balaban J connectivity index is 2.17. The molecule has 1 aromatic carbocycles. The van der Waals surface area contributed by atoms with Crippen molar-refractivity contribution in [2.45, 2.75) is 19.4 Å². The van der Waals surface area contributed by atoms with Crippen LogP contribution in [0.3, 0.4) is 0 Å². The molecular formula is C20H15ClF2N6O3. The highest BCUT2D eigenvalue weighted by Crippen LogP contribution is 2.38. The van der Waals surface area contributed by atoms with Gasteiger partial charge in [0, 0.05) is 11.2 Å². The zero-order valence-electron chi connectivity index (χ0n) is 16.5. The summed E-state index contributed by atoms with van der Waals surface area (Å²) in [6.07, 6.45) is 2.00. The monoisotopic (exact) mass is 460 g/mol. The lowest BCUT2D eigenvalue weighted by molar-refractivity contribution is 0.0309. The predicted octanol–water partition coefficient (Wildman–Crippen LogP) is 2.94. The van der Waals surface area contributed by atoms with Crippen LogP contribution in [0.1, 0.15) is 23.7 Å². The second kappa shape index (κ2) is 8.60. The molecule has 164 valence electrons. The molecular weight excluding hydrogens is 446 g/mol. The molecule has 3 rings (SSSR count). The van der Waals surface area contributed by atoms with Gasteiger partial charge in [-0.05, 0) is 30.7 Å². The van der Waals surface area contributed by atoms with Crippen LogP contribution >= 0.6 is 11.6 Å². The van der Waals surface area contributed by atoms with Crippen molar-refractivity contribution in [2.75, 3.05) is 5.73 Å². The van der Waals surface area contributed by atoms with E-state index >= 15 is 0 Å². The minimum absolute atomic E-state index is 0.0305. The van der Waals surface area contributed by atoms with Gasteiger partial charge < -0.3 is 10.5 Å². The van der Waals surface area contributed by atoms with Gasteiger partial charge >= 0.3 is 5.92 Å². The van der Waals surface area contributed by atoms with Crippen LogP contribution in [-0.4, -0.2) is 19.5 Å². The number of allylic oxidation sites excluding steroid dienone is 1. The zero-order valence-corrected chi connectivity index (χ0v) is 17.3. The first-order valence-corrected chi connectivity index (χ1v) is 9.26. The van der Waals surface area contributed by atoms with Crippen LogP contribution in [0.25, 0.3) is 0 Å². The molecule has 2 heterocycles. The average Bonchev–Trinajstić information content (AvgIpc) is 2.72. The summed E-state index contributed by atoms with van der Waals surface area (Å²) in [6, 6.07) is 5.65. The maximum Gasteiger partial charge on any atom is 0.314 e. The molecule has 0 amide bonds. The van der Waals surface area contributed by atoms with Crippen LogP contribution in [0.2, 0.25) is 5.02 Å². The number of nitriles is 1. The molecule has 3 aromatic rings. The van der Waals surface area contributed by atoms with Gasteiger partial charge in [-0.3, -0.25) is 19.1 Å². The third-order valence-corrected chi connectivity index (χ3v) is 4.50. The summed E-state index contributed by atoms with van der Waals surface area (Å²) in [5, 5.41) is 9.19. The molecule has 0 aliphatic carbocycles. The SMILES string of the molecule is C=C(C)C(F)(F)c1ncn(Cc2cnc(N)[nH]c2=O)c(=O)c1Oc1cc(Cl)cc(C#N)c1. The number of aromatic nitrogens is 4. The van der Waals surface area contributed by atoms with Gasteiger partial charge in [-0.1, -0.05) is 18.2 Å². The molecule has 0 unspecified atom stereocenters. The highest BCUT2D eigenvalue weighted by atomic mass is 35.5. The van der Waals surface area contributed by atoms with E-state index < -0.39 is 34.1 Å². The number of ether oxygens (including phenoxy) is 1. The number of nitrogens with one attached hydrogen (secondary N) is 1. The van der Waals surface area contributed by atoms with Gasteiger partial charge in [-0.15, -0.1) is 0 Å². The molecule has 0 aliphatic rings. The third kappa shape index (κ3) is 4.50. The molecule has 0 saturated heterocycles. The minimum Gasteiger partial charge on any atom is -0.449 e. The van der Waals surface area contributed by atoms with Crippen molar-refractivity contribution in [3.05, 3.63) is 85.4 Å². The van der Waals surface area contributed by atoms with E-state index in [0.717, 1.165) is 24.0 Å². The first-order chi connectivity index (χ1) is 15.0. The molecule has 0 bridgehead atoms. The van der Waals surface area contributed by atoms with Crippen molar-refractivity contribution >= 4 is 17.5 Å². The summed E-state index contributed by atoms with van der Waals surface area (Å²) in [6.45, 7) is 3.98. The van der Waals surface area contributed by atoms with Gasteiger partial charge in [0.1, 0.15) is 5.75 Å². The first kappa shape index (κ1) is 22.6. The number of hydrogen-bond acceptors (Lipinski definition) is 7. The number of nitrogen functional groups attached to an aromatic ring is 1. The average molecular weight is 461 g/mol. The molecule has 3 N–H and O–H groups in total. The Labute approximate surface area is 184 Å². The van der Waals surface area contributed by atoms with E-state index in [0.29, 0.717) is 0 Å². The van der Waals surface area contributed by atoms with Crippen molar-refractivity contribution in [2.24, 2.45) is 0 Å². The van der Waals surface area contributed by atoms with Crippen molar-refractivity contribution in [3.8, 4) is 17.6 Å². The number of rotatable bonds is 6. The lowest BCUT2D eigenvalue weighted by Crippen LogP contribution is -2.30. The lowest BCUT2D eigenvalue weighted by atomic mass is 10.1. The number of aromatic amines is 1. The highest BCUT2D eigenvalue weighted by Gasteiger charge is 2.39. The summed E-state index contributed by atoms with van der Waals surface area (Å²) < 4.78 is 35.9. The van der Waals surface area contributed by atoms with E-state index in [2.05, 4.69) is 21.5 Å². The molecule has 0 spiro atoms. The maximum atomic E-state index is 14.8. The van der Waals surface area contributed by atoms with Gasteiger partial charge in [0.05, 0.1) is 30.1 Å². The lowest BCUT2D eigenvalue weighted by Gasteiger charge is -2.20. The van der Waals surface area contributed by atoms with Gasteiger partial charge in [-0.25, -0.2) is 9.97 Å². The number of halogens is 3. The molecule has 12 heteroatoms. The second-order valence-electron chi connectivity index (χ2n) is 6.72. The van der Waals surface area contributed by atoms with Crippen molar-refractivity contribution in [1.82, 2.24) is 19.5 Å². The van der Waals surface area contributed by atoms with Crippen molar-refractivity contribution in [3.63, 3.8) is 0 Å². The highest BCUT2D eigenvalue weighted by molar-refractivity contribution is 6.30. The first-order valence-electron chi connectivity index (χ1n) is 8.89. The standard InChI is InChI=1S/C20H15ClF2N6O3/c1-10(2)20(22,23)16-15(32-14-4-11(6-24)3-13(21)5-14)18(31)29(9-27-16)8-12-7-26-19(25)28-17(12)30/h3-5,7,9H,1,8H2,2H3,(H3,25,26,28,30). The van der Waals surface area contributed by atoms with Crippen molar-refractivity contribution in [1.29, 1.82) is 5.26 Å². The summed E-state index contributed by atoms with van der Waals surface area (Å²) in [5.41, 5.74) is 2.34. The van der Waals surface area contributed by atoms with Crippen LogP contribution in [0.5, 0.6) is 11.5 Å². The van der Waals surface area contributed by atoms with E-state index in [-0.39, 0.29) is 34.4 Å². The largest absolute Gasteiger partial charge is 0.449 e. The Kier molecular flexibility index (Phi) is 6.09. The predicted molar refractivity (Wildman–Crippen MR) is 112 cm³/mol. The zero-order chi connectivity index (χ0) is 23.6. The Morgan fingerprint density at radius 3 is 2.72 bits per heavy atom. The quantitative estimate of drug-likeness (QED) is 0.539. The van der Waals surface area contributed by atoms with Crippen molar-refractivity contribution < 1.29 is 13.5 Å². The number of anilines is 1. The fourth-order valence-corrected chi connectivity index (χ4v) is 2.86. The minimum atomic E-state index is -3.70. The van der Waals surface area contributed by atoms with Gasteiger partial charge in [0.2, 0.25) is 5.75 Å². The Morgan fingerprint density at radius 2 is 2.09 bits per heavy atom. The van der Waals surface area contributed by atoms with Crippen LogP contribution in [-0.2, 0) is 12.5 Å². The van der Waals surface area contributed by atoms with Crippen LogP contribution < -0.4 is 21.6 Å². The Morgan fingerprint density at radius 1 is 1.38 bits per heavy atom. The summed E-state index contributed by atoms with van der Waals surface area (Å²) in [5.74, 6) is -4.77. The Bertz CT molecular complexity index is 1380. The molecule has 0 saturated carbocycles. The number of alkyl halides is 2. The third-order valence-electron chi connectivity index (χ3n) is 4.28. The van der Waals surface area contributed by atoms with Crippen LogP contribution in [0.4, 0.5) is 14.7 Å². The Hall–Kier alpha value is -4.04. The van der Waals surface area contributed by atoms with Gasteiger partial charge in [-0.2, -0.15) is 14.0 Å². The smallest absolute Gasteiger partial charge is 0.314 e. The molecule has 0 fully saturated rings. The molecule has 0 atom stereocenters. The van der Waals surface area contributed by atoms with Crippen LogP contribution in [0.15, 0.2) is 52.5 Å². The molecule has 2 aromatic heterocycles. The second-order valence-corrected chi connectivity index (χ2v) is 7.16. The number of nitrogens with two attached hydrogens (primary N) is 1. The van der Waals surface area contributed by atoms with E-state index in [1.807, 2.05) is 6.07 Å².